The van der Waals surface area contributed by atoms with Gasteiger partial charge in [0.1, 0.15) is 0 Å². The Balaban J connectivity index is 2.03. The van der Waals surface area contributed by atoms with E-state index in [-0.39, 0.29) is 0 Å². The van der Waals surface area contributed by atoms with E-state index in [0.29, 0.717) is 23.3 Å². The van der Waals surface area contributed by atoms with Gasteiger partial charge >= 0.3 is 0 Å². The van der Waals surface area contributed by atoms with E-state index >= 15 is 0 Å². The number of rotatable bonds is 10. The van der Waals surface area contributed by atoms with Crippen molar-refractivity contribution in [1.29, 1.82) is 0 Å². The molecule has 7 nitrogen and oxygen atoms in total. The molecule has 0 bridgehead atoms. The summed E-state index contributed by atoms with van der Waals surface area (Å²) in [6.45, 7) is 19.7. The molecule has 1 heterocycles. The van der Waals surface area contributed by atoms with Gasteiger partial charge in [-0.05, 0) is 62.9 Å². The number of allylic oxidation sites excluding steroid dienone is 2. The first-order valence-electron chi connectivity index (χ1n) is 10.7. The Bertz CT molecular complexity index is 907. The van der Waals surface area contributed by atoms with Crippen LogP contribution in [0.3, 0.4) is 0 Å². The van der Waals surface area contributed by atoms with Gasteiger partial charge in [-0.15, -0.1) is 5.11 Å². The molecule has 1 aliphatic rings. The lowest BCUT2D eigenvalue weighted by Crippen LogP contribution is -2.40. The van der Waals surface area contributed by atoms with Crippen LogP contribution in [-0.4, -0.2) is 53.6 Å². The van der Waals surface area contributed by atoms with Crippen LogP contribution in [0.2, 0.25) is 5.02 Å². The van der Waals surface area contributed by atoms with Crippen LogP contribution in [0, 0.1) is 0 Å². The predicted molar refractivity (Wildman–Crippen MR) is 136 cm³/mol. The number of halogens is 1. The average Bonchev–Trinajstić information content (AvgIpc) is 2.76. The van der Waals surface area contributed by atoms with Crippen LogP contribution in [0.5, 0.6) is 0 Å². The molecule has 1 aromatic rings. The Morgan fingerprint density at radius 3 is 2.50 bits per heavy atom. The SMILES string of the molecule is C=NN(Cc1cc(Cl)ccc1/C=C/C(=C)N1CCC(N(C)N=NC(=C)C)CC1)N=C(C)C. The van der Waals surface area contributed by atoms with E-state index in [0.717, 1.165) is 48.5 Å². The van der Waals surface area contributed by atoms with Crippen molar-refractivity contribution < 1.29 is 0 Å². The maximum atomic E-state index is 6.24. The first kappa shape index (κ1) is 25.3. The van der Waals surface area contributed by atoms with E-state index in [1.165, 1.54) is 0 Å². The van der Waals surface area contributed by atoms with E-state index in [1.807, 2.05) is 51.0 Å². The van der Waals surface area contributed by atoms with Crippen LogP contribution < -0.4 is 0 Å². The normalized spacial score (nSPS) is 14.6. The molecule has 0 radical (unpaired) electrons. The van der Waals surface area contributed by atoms with Crippen molar-refractivity contribution in [2.75, 3.05) is 20.1 Å². The first-order chi connectivity index (χ1) is 15.2. The Hall–Kier alpha value is -2.93. The number of hydrazone groups is 2. The lowest BCUT2D eigenvalue weighted by Gasteiger charge is -2.36. The summed E-state index contributed by atoms with van der Waals surface area (Å²) in [6.07, 6.45) is 6.12. The van der Waals surface area contributed by atoms with Gasteiger partial charge in [-0.2, -0.15) is 15.3 Å². The molecule has 1 aliphatic heterocycles. The van der Waals surface area contributed by atoms with Gasteiger partial charge in [-0.25, -0.2) is 0 Å². The van der Waals surface area contributed by atoms with Crippen LogP contribution in [0.4, 0.5) is 0 Å². The molecule has 32 heavy (non-hydrogen) atoms. The number of nitrogens with zero attached hydrogens (tertiary/aromatic N) is 7. The van der Waals surface area contributed by atoms with E-state index in [4.69, 9.17) is 11.6 Å². The molecule has 0 amide bonds. The summed E-state index contributed by atoms with van der Waals surface area (Å²) < 4.78 is 0. The topological polar surface area (TPSA) is 59.2 Å². The quantitative estimate of drug-likeness (QED) is 0.189. The highest BCUT2D eigenvalue weighted by Gasteiger charge is 2.22. The fourth-order valence-corrected chi connectivity index (χ4v) is 3.61. The minimum absolute atomic E-state index is 0.369. The third-order valence-electron chi connectivity index (χ3n) is 5.11. The van der Waals surface area contributed by atoms with Gasteiger partial charge in [0, 0.05) is 43.3 Å². The zero-order chi connectivity index (χ0) is 23.7. The van der Waals surface area contributed by atoms with Gasteiger partial charge in [0.25, 0.3) is 0 Å². The van der Waals surface area contributed by atoms with E-state index in [9.17, 15) is 0 Å². The summed E-state index contributed by atoms with van der Waals surface area (Å²) >= 11 is 6.24. The molecule has 0 N–H and O–H groups in total. The summed E-state index contributed by atoms with van der Waals surface area (Å²) in [5, 5.41) is 20.8. The molecule has 0 saturated carbocycles. The molecule has 1 fully saturated rings. The highest BCUT2D eigenvalue weighted by molar-refractivity contribution is 6.30. The smallest absolute Gasteiger partial charge is 0.0863 e. The van der Waals surface area contributed by atoms with Gasteiger partial charge in [0.15, 0.2) is 0 Å². The number of hydrogen-bond donors (Lipinski definition) is 0. The standard InChI is InChI=1S/C24H34ClN7/c1-18(2)27-29-30(7)24-12-14-31(15-13-24)20(5)8-9-21-10-11-23(25)16-22(21)17-32(26-6)28-19(3)4/h8-11,16,24H,1,5-6,12-15,17H2,2-4,7H3/b9-8+,29-27?. The maximum absolute atomic E-state index is 6.24. The van der Waals surface area contributed by atoms with Crippen molar-refractivity contribution in [2.24, 2.45) is 20.5 Å². The molecule has 172 valence electrons. The van der Waals surface area contributed by atoms with Gasteiger partial charge < -0.3 is 4.90 Å². The number of hydrogen-bond acceptors (Lipinski definition) is 6. The lowest BCUT2D eigenvalue weighted by molar-refractivity contribution is 0.146. The number of piperidine rings is 1. The third-order valence-corrected chi connectivity index (χ3v) is 5.34. The minimum Gasteiger partial charge on any atom is -0.372 e. The van der Waals surface area contributed by atoms with Crippen molar-refractivity contribution >= 4 is 30.1 Å². The molecule has 1 aromatic carbocycles. The van der Waals surface area contributed by atoms with Crippen molar-refractivity contribution in [2.45, 2.75) is 46.2 Å². The summed E-state index contributed by atoms with van der Waals surface area (Å²) in [7, 11) is 1.97. The summed E-state index contributed by atoms with van der Waals surface area (Å²) in [4.78, 5) is 2.30. The Morgan fingerprint density at radius 1 is 1.22 bits per heavy atom. The van der Waals surface area contributed by atoms with Crippen LogP contribution in [0.25, 0.3) is 6.08 Å². The monoisotopic (exact) mass is 455 g/mol. The van der Waals surface area contributed by atoms with Crippen molar-refractivity contribution in [1.82, 2.24) is 15.0 Å². The van der Waals surface area contributed by atoms with Crippen molar-refractivity contribution in [3.8, 4) is 0 Å². The molecule has 0 aliphatic carbocycles. The van der Waals surface area contributed by atoms with Gasteiger partial charge in [-0.3, -0.25) is 5.01 Å². The van der Waals surface area contributed by atoms with Crippen LogP contribution in [-0.2, 0) is 6.54 Å². The molecular weight excluding hydrogens is 422 g/mol. The fraction of sp³-hybridized carbons (Fsp3) is 0.417. The van der Waals surface area contributed by atoms with Gasteiger partial charge in [0.2, 0.25) is 0 Å². The second-order valence-electron chi connectivity index (χ2n) is 8.10. The highest BCUT2D eigenvalue weighted by Crippen LogP contribution is 2.23. The summed E-state index contributed by atoms with van der Waals surface area (Å²) in [6, 6.07) is 6.19. The Morgan fingerprint density at radius 2 is 1.91 bits per heavy atom. The molecular formula is C24H34ClN7. The van der Waals surface area contributed by atoms with E-state index in [1.54, 1.807) is 5.12 Å². The summed E-state index contributed by atoms with van der Waals surface area (Å²) in [5.74, 6) is 0. The van der Waals surface area contributed by atoms with E-state index < -0.39 is 0 Å². The molecule has 0 aromatic heterocycles. The average molecular weight is 456 g/mol. The second-order valence-corrected chi connectivity index (χ2v) is 8.54. The summed E-state index contributed by atoms with van der Waals surface area (Å²) in [5.41, 5.74) is 4.65. The first-order valence-corrected chi connectivity index (χ1v) is 11.0. The number of benzene rings is 1. The maximum Gasteiger partial charge on any atom is 0.0863 e. The molecule has 0 spiro atoms. The largest absolute Gasteiger partial charge is 0.372 e. The molecule has 1 saturated heterocycles. The molecule has 8 heteroatoms. The minimum atomic E-state index is 0.369. The molecule has 0 atom stereocenters. The number of likely N-dealkylation sites (tertiary alicyclic amines) is 1. The third kappa shape index (κ3) is 7.96. The zero-order valence-electron chi connectivity index (χ0n) is 19.6. The van der Waals surface area contributed by atoms with Crippen LogP contribution in [0.1, 0.15) is 44.7 Å². The predicted octanol–water partition coefficient (Wildman–Crippen LogP) is 5.98. The Labute approximate surface area is 197 Å². The lowest BCUT2D eigenvalue weighted by atomic mass is 10.0. The van der Waals surface area contributed by atoms with Crippen molar-refractivity contribution in [3.05, 3.63) is 65.0 Å². The van der Waals surface area contributed by atoms with Gasteiger partial charge in [-0.1, -0.05) is 42.1 Å². The van der Waals surface area contributed by atoms with E-state index in [2.05, 4.69) is 57.5 Å². The molecule has 2 rings (SSSR count). The highest BCUT2D eigenvalue weighted by atomic mass is 35.5. The fourth-order valence-electron chi connectivity index (χ4n) is 3.41. The van der Waals surface area contributed by atoms with Crippen molar-refractivity contribution in [3.63, 3.8) is 0 Å². The Kier molecular flexibility index (Phi) is 9.65. The van der Waals surface area contributed by atoms with Crippen LogP contribution in [0.15, 0.2) is 69.4 Å². The zero-order valence-corrected chi connectivity index (χ0v) is 20.4. The van der Waals surface area contributed by atoms with Crippen LogP contribution >= 0.6 is 11.6 Å². The molecule has 0 unspecified atom stereocenters. The van der Waals surface area contributed by atoms with Gasteiger partial charge in [0.05, 0.1) is 18.3 Å². The second kappa shape index (κ2) is 12.2.